The fraction of sp³-hybridized carbons (Fsp3) is 0.333. The zero-order valence-corrected chi connectivity index (χ0v) is 18.6. The van der Waals surface area contributed by atoms with Crippen LogP contribution in [0.4, 0.5) is 11.4 Å². The molecule has 1 aliphatic heterocycles. The molecule has 7 nitrogen and oxygen atoms in total. The Morgan fingerprint density at radius 3 is 2.70 bits per heavy atom. The summed E-state index contributed by atoms with van der Waals surface area (Å²) in [5, 5.41) is 1.11. The van der Waals surface area contributed by atoms with E-state index in [-0.39, 0.29) is 16.4 Å². The van der Waals surface area contributed by atoms with Gasteiger partial charge in [-0.1, -0.05) is 17.7 Å². The van der Waals surface area contributed by atoms with E-state index in [2.05, 4.69) is 39.5 Å². The largest absolute Gasteiger partial charge is 0.372 e. The molecule has 9 heteroatoms. The predicted octanol–water partition coefficient (Wildman–Crippen LogP) is 3.94. The number of fused-ring (bicyclic) bond motifs is 1. The molecule has 0 amide bonds. The summed E-state index contributed by atoms with van der Waals surface area (Å²) in [6, 6.07) is 9.65. The molecule has 30 heavy (non-hydrogen) atoms. The molecule has 3 heterocycles. The molecule has 1 fully saturated rings. The molecule has 0 atom stereocenters. The number of benzene rings is 1. The Labute approximate surface area is 181 Å². The molecule has 4 rings (SSSR count). The van der Waals surface area contributed by atoms with Gasteiger partial charge in [0.1, 0.15) is 0 Å². The minimum atomic E-state index is -3.47. The number of halogens is 1. The van der Waals surface area contributed by atoms with Gasteiger partial charge in [0.2, 0.25) is 10.0 Å². The molecule has 1 saturated heterocycles. The van der Waals surface area contributed by atoms with Gasteiger partial charge < -0.3 is 9.64 Å². The standard InChI is InChI=1S/C21H23ClN4O3S/c1-21(2)13-26(8-9-29-21)19-6-7-23-17-5-4-14(10-16(17)19)15-11-18(20(22)24-12-15)25-30(3,27)28/h4-7,10-12,25H,8-9,13H2,1-3H3. The van der Waals surface area contributed by atoms with Crippen molar-refractivity contribution < 1.29 is 13.2 Å². The molecule has 0 bridgehead atoms. The summed E-state index contributed by atoms with van der Waals surface area (Å²) in [6.07, 6.45) is 4.52. The van der Waals surface area contributed by atoms with Crippen LogP contribution in [0.2, 0.25) is 5.15 Å². The molecule has 3 aromatic rings. The second-order valence-electron chi connectivity index (χ2n) is 8.03. The quantitative estimate of drug-likeness (QED) is 0.611. The zero-order chi connectivity index (χ0) is 21.5. The first kappa shape index (κ1) is 20.8. The first-order valence-corrected chi connectivity index (χ1v) is 11.8. The Morgan fingerprint density at radius 2 is 1.97 bits per heavy atom. The first-order valence-electron chi connectivity index (χ1n) is 9.53. The summed E-state index contributed by atoms with van der Waals surface area (Å²) in [6.45, 7) is 6.42. The van der Waals surface area contributed by atoms with E-state index >= 15 is 0 Å². The van der Waals surface area contributed by atoms with Crippen LogP contribution in [0.1, 0.15) is 13.8 Å². The van der Waals surface area contributed by atoms with Gasteiger partial charge in [-0.15, -0.1) is 0 Å². The molecular formula is C21H23ClN4O3S. The number of hydrogen-bond acceptors (Lipinski definition) is 6. The molecule has 2 aromatic heterocycles. The Kier molecular flexibility index (Phi) is 5.34. The third-order valence-electron chi connectivity index (χ3n) is 4.95. The Hall–Kier alpha value is -2.42. The summed E-state index contributed by atoms with van der Waals surface area (Å²) in [5.74, 6) is 0. The van der Waals surface area contributed by atoms with Crippen LogP contribution in [0.15, 0.2) is 42.7 Å². The van der Waals surface area contributed by atoms with Gasteiger partial charge in [0.25, 0.3) is 0 Å². The van der Waals surface area contributed by atoms with Crippen molar-refractivity contribution >= 4 is 43.9 Å². The number of hydrogen-bond donors (Lipinski definition) is 1. The maximum Gasteiger partial charge on any atom is 0.229 e. The lowest BCUT2D eigenvalue weighted by Gasteiger charge is -2.39. The van der Waals surface area contributed by atoms with Crippen LogP contribution in [-0.2, 0) is 14.8 Å². The number of pyridine rings is 2. The van der Waals surface area contributed by atoms with Crippen molar-refractivity contribution in [2.24, 2.45) is 0 Å². The number of ether oxygens (including phenoxy) is 1. The summed E-state index contributed by atoms with van der Waals surface area (Å²) in [7, 11) is -3.47. The fourth-order valence-corrected chi connectivity index (χ4v) is 4.45. The monoisotopic (exact) mass is 446 g/mol. The number of anilines is 2. The van der Waals surface area contributed by atoms with Crippen LogP contribution in [0, 0.1) is 0 Å². The van der Waals surface area contributed by atoms with E-state index in [0.717, 1.165) is 47.1 Å². The maximum atomic E-state index is 11.6. The van der Waals surface area contributed by atoms with Crippen LogP contribution in [-0.4, -0.2) is 49.9 Å². The minimum absolute atomic E-state index is 0.0999. The van der Waals surface area contributed by atoms with E-state index in [1.165, 1.54) is 0 Å². The highest BCUT2D eigenvalue weighted by molar-refractivity contribution is 7.92. The van der Waals surface area contributed by atoms with Gasteiger partial charge in [-0.05, 0) is 43.7 Å². The molecular weight excluding hydrogens is 424 g/mol. The van der Waals surface area contributed by atoms with Crippen molar-refractivity contribution in [3.05, 3.63) is 47.9 Å². The van der Waals surface area contributed by atoms with Gasteiger partial charge in [-0.3, -0.25) is 9.71 Å². The fourth-order valence-electron chi connectivity index (χ4n) is 3.69. The third kappa shape index (κ3) is 4.50. The number of morpholine rings is 1. The normalized spacial score (nSPS) is 16.6. The lowest BCUT2D eigenvalue weighted by molar-refractivity contribution is -0.0276. The van der Waals surface area contributed by atoms with Crippen LogP contribution in [0.25, 0.3) is 22.0 Å². The Bertz CT molecular complexity index is 1210. The van der Waals surface area contributed by atoms with Crippen LogP contribution in [0.5, 0.6) is 0 Å². The minimum Gasteiger partial charge on any atom is -0.372 e. The van der Waals surface area contributed by atoms with Crippen LogP contribution < -0.4 is 9.62 Å². The van der Waals surface area contributed by atoms with Crippen molar-refractivity contribution in [3.8, 4) is 11.1 Å². The maximum absolute atomic E-state index is 11.6. The van der Waals surface area contributed by atoms with Gasteiger partial charge in [0.05, 0.1) is 29.7 Å². The van der Waals surface area contributed by atoms with Crippen molar-refractivity contribution in [1.82, 2.24) is 9.97 Å². The molecule has 0 unspecified atom stereocenters. The highest BCUT2D eigenvalue weighted by Crippen LogP contribution is 2.33. The van der Waals surface area contributed by atoms with Gasteiger partial charge in [-0.25, -0.2) is 13.4 Å². The number of aromatic nitrogens is 2. The number of nitrogens with one attached hydrogen (secondary N) is 1. The summed E-state index contributed by atoms with van der Waals surface area (Å²) >= 11 is 6.07. The van der Waals surface area contributed by atoms with Gasteiger partial charge in [0.15, 0.2) is 5.15 Å². The summed E-state index contributed by atoms with van der Waals surface area (Å²) in [4.78, 5) is 11.0. The molecule has 1 N–H and O–H groups in total. The molecule has 0 saturated carbocycles. The van der Waals surface area contributed by atoms with Gasteiger partial charge in [0, 0.05) is 42.1 Å². The second-order valence-corrected chi connectivity index (χ2v) is 10.1. The van der Waals surface area contributed by atoms with E-state index in [0.29, 0.717) is 6.61 Å². The van der Waals surface area contributed by atoms with Crippen LogP contribution >= 0.6 is 11.6 Å². The predicted molar refractivity (Wildman–Crippen MR) is 121 cm³/mol. The first-order chi connectivity index (χ1) is 14.1. The average molecular weight is 447 g/mol. The third-order valence-corrected chi connectivity index (χ3v) is 5.84. The smallest absolute Gasteiger partial charge is 0.229 e. The molecule has 0 aliphatic carbocycles. The Balaban J connectivity index is 1.78. The lowest BCUT2D eigenvalue weighted by Crippen LogP contribution is -2.48. The lowest BCUT2D eigenvalue weighted by atomic mass is 10.0. The average Bonchev–Trinajstić information content (AvgIpc) is 2.67. The van der Waals surface area contributed by atoms with Crippen molar-refractivity contribution in [3.63, 3.8) is 0 Å². The molecule has 0 spiro atoms. The Morgan fingerprint density at radius 1 is 1.17 bits per heavy atom. The summed E-state index contributed by atoms with van der Waals surface area (Å²) in [5.41, 5.74) is 3.65. The highest BCUT2D eigenvalue weighted by Gasteiger charge is 2.28. The van der Waals surface area contributed by atoms with Crippen LogP contribution in [0.3, 0.4) is 0 Å². The molecule has 0 radical (unpaired) electrons. The summed E-state index contributed by atoms with van der Waals surface area (Å²) < 4.78 is 31.5. The van der Waals surface area contributed by atoms with Crippen molar-refractivity contribution in [1.29, 1.82) is 0 Å². The van der Waals surface area contributed by atoms with Gasteiger partial charge >= 0.3 is 0 Å². The second kappa shape index (κ2) is 7.68. The van der Waals surface area contributed by atoms with Crippen molar-refractivity contribution in [2.45, 2.75) is 19.4 Å². The van der Waals surface area contributed by atoms with E-state index in [1.54, 1.807) is 12.3 Å². The van der Waals surface area contributed by atoms with Gasteiger partial charge in [-0.2, -0.15) is 0 Å². The number of sulfonamides is 1. The molecule has 1 aliphatic rings. The van der Waals surface area contributed by atoms with Crippen molar-refractivity contribution in [2.75, 3.05) is 35.6 Å². The van der Waals surface area contributed by atoms with E-state index in [9.17, 15) is 8.42 Å². The number of rotatable bonds is 4. The number of nitrogens with zero attached hydrogens (tertiary/aromatic N) is 3. The molecule has 158 valence electrons. The zero-order valence-electron chi connectivity index (χ0n) is 17.0. The van der Waals surface area contributed by atoms with E-state index in [1.807, 2.05) is 24.4 Å². The van der Waals surface area contributed by atoms with E-state index in [4.69, 9.17) is 16.3 Å². The highest BCUT2D eigenvalue weighted by atomic mass is 35.5. The SMILES string of the molecule is CC1(C)CN(c2ccnc3ccc(-c4cnc(Cl)c(NS(C)(=O)=O)c4)cc23)CCO1. The topological polar surface area (TPSA) is 84.4 Å². The van der Waals surface area contributed by atoms with E-state index < -0.39 is 10.0 Å². The molecule has 1 aromatic carbocycles.